The number of aryl methyl sites for hydroxylation is 2. The monoisotopic (exact) mass is 297 g/mol. The molecule has 3 rings (SSSR count). The molecule has 3 aromatic rings. The van der Waals surface area contributed by atoms with E-state index in [9.17, 15) is 4.79 Å². The molecule has 2 aromatic heterocycles. The van der Waals surface area contributed by atoms with Crippen LogP contribution in [0.3, 0.4) is 0 Å². The average molecular weight is 297 g/mol. The molecule has 0 spiro atoms. The molecular weight excluding hydrogens is 282 g/mol. The molecule has 1 amide bonds. The minimum atomic E-state index is -0.0180. The summed E-state index contributed by atoms with van der Waals surface area (Å²) in [5, 5.41) is 3.54. The SMILES string of the molecule is Cc1cccc2sc(NC(=O)CCc3cccnc3)nc12. The highest BCUT2D eigenvalue weighted by atomic mass is 32.1. The van der Waals surface area contributed by atoms with Gasteiger partial charge in [0.25, 0.3) is 0 Å². The van der Waals surface area contributed by atoms with Crippen LogP contribution in [0.1, 0.15) is 17.5 Å². The lowest BCUT2D eigenvalue weighted by Gasteiger charge is -2.01. The van der Waals surface area contributed by atoms with Gasteiger partial charge in [-0.15, -0.1) is 0 Å². The molecule has 1 N–H and O–H groups in total. The Balaban J connectivity index is 1.65. The number of fused-ring (bicyclic) bond motifs is 1. The van der Waals surface area contributed by atoms with E-state index < -0.39 is 0 Å². The van der Waals surface area contributed by atoms with Gasteiger partial charge in [0.1, 0.15) is 0 Å². The van der Waals surface area contributed by atoms with E-state index in [1.807, 2.05) is 37.3 Å². The van der Waals surface area contributed by atoms with Crippen molar-refractivity contribution in [3.05, 3.63) is 53.9 Å². The molecule has 4 nitrogen and oxygen atoms in total. The van der Waals surface area contributed by atoms with Gasteiger partial charge in [0, 0.05) is 18.8 Å². The van der Waals surface area contributed by atoms with Crippen molar-refractivity contribution in [3.8, 4) is 0 Å². The first kappa shape index (κ1) is 13.7. The van der Waals surface area contributed by atoms with Gasteiger partial charge in [-0.2, -0.15) is 0 Å². The number of nitrogens with zero attached hydrogens (tertiary/aromatic N) is 2. The van der Waals surface area contributed by atoms with Gasteiger partial charge in [0.2, 0.25) is 5.91 Å². The molecule has 1 aromatic carbocycles. The highest BCUT2D eigenvalue weighted by Crippen LogP contribution is 2.27. The molecule has 0 atom stereocenters. The molecule has 5 heteroatoms. The molecule has 2 heterocycles. The highest BCUT2D eigenvalue weighted by molar-refractivity contribution is 7.22. The van der Waals surface area contributed by atoms with Gasteiger partial charge in [0.15, 0.2) is 5.13 Å². The zero-order valence-corrected chi connectivity index (χ0v) is 12.5. The van der Waals surface area contributed by atoms with Gasteiger partial charge in [-0.05, 0) is 36.6 Å². The third-order valence-corrected chi connectivity index (χ3v) is 4.17. The number of hydrogen-bond donors (Lipinski definition) is 1. The lowest BCUT2D eigenvalue weighted by molar-refractivity contribution is -0.116. The van der Waals surface area contributed by atoms with Gasteiger partial charge in [-0.1, -0.05) is 29.5 Å². The summed E-state index contributed by atoms with van der Waals surface area (Å²) in [6.45, 7) is 2.02. The van der Waals surface area contributed by atoms with Gasteiger partial charge in [-0.3, -0.25) is 9.78 Å². The molecule has 0 aliphatic heterocycles. The van der Waals surface area contributed by atoms with E-state index in [1.165, 1.54) is 11.3 Å². The van der Waals surface area contributed by atoms with Crippen LogP contribution in [0.25, 0.3) is 10.2 Å². The highest BCUT2D eigenvalue weighted by Gasteiger charge is 2.09. The number of anilines is 1. The second-order valence-corrected chi connectivity index (χ2v) is 5.88. The maximum absolute atomic E-state index is 12.0. The number of carbonyl (C=O) groups excluding carboxylic acids is 1. The van der Waals surface area contributed by atoms with Crippen LogP contribution >= 0.6 is 11.3 Å². The van der Waals surface area contributed by atoms with Gasteiger partial charge in [0.05, 0.1) is 10.2 Å². The van der Waals surface area contributed by atoms with Crippen LogP contribution in [0.2, 0.25) is 0 Å². The Hall–Kier alpha value is -2.27. The summed E-state index contributed by atoms with van der Waals surface area (Å²) in [6, 6.07) is 9.90. The Morgan fingerprint density at radius 1 is 1.29 bits per heavy atom. The summed E-state index contributed by atoms with van der Waals surface area (Å²) < 4.78 is 1.09. The fraction of sp³-hybridized carbons (Fsp3) is 0.188. The van der Waals surface area contributed by atoms with Crippen molar-refractivity contribution in [1.82, 2.24) is 9.97 Å². The summed E-state index contributed by atoms with van der Waals surface area (Å²) in [4.78, 5) is 20.5. The molecule has 0 unspecified atom stereocenters. The first-order valence-electron chi connectivity index (χ1n) is 6.77. The first-order chi connectivity index (χ1) is 10.2. The Labute approximate surface area is 126 Å². The van der Waals surface area contributed by atoms with Crippen LogP contribution in [0.15, 0.2) is 42.7 Å². The molecule has 0 saturated carbocycles. The number of rotatable bonds is 4. The van der Waals surface area contributed by atoms with E-state index >= 15 is 0 Å². The minimum Gasteiger partial charge on any atom is -0.302 e. The molecule has 0 fully saturated rings. The number of pyridine rings is 1. The summed E-state index contributed by atoms with van der Waals surface area (Å²) in [5.41, 5.74) is 3.15. The summed E-state index contributed by atoms with van der Waals surface area (Å²) in [6.07, 6.45) is 4.63. The van der Waals surface area contributed by atoms with E-state index in [2.05, 4.69) is 15.3 Å². The van der Waals surface area contributed by atoms with Gasteiger partial charge < -0.3 is 5.32 Å². The predicted octanol–water partition coefficient (Wildman–Crippen LogP) is 3.57. The number of benzene rings is 1. The lowest BCUT2D eigenvalue weighted by Crippen LogP contribution is -2.12. The van der Waals surface area contributed by atoms with E-state index in [1.54, 1.807) is 12.4 Å². The number of thiazole rings is 1. The molecule has 0 aliphatic carbocycles. The van der Waals surface area contributed by atoms with Crippen molar-refractivity contribution in [1.29, 1.82) is 0 Å². The minimum absolute atomic E-state index is 0.0180. The third kappa shape index (κ3) is 3.25. The number of amides is 1. The summed E-state index contributed by atoms with van der Waals surface area (Å²) in [7, 11) is 0. The number of aromatic nitrogens is 2. The Kier molecular flexibility index (Phi) is 3.92. The molecular formula is C16H15N3OS. The number of para-hydroxylation sites is 1. The Bertz CT molecular complexity index is 768. The zero-order chi connectivity index (χ0) is 14.7. The fourth-order valence-corrected chi connectivity index (χ4v) is 3.09. The van der Waals surface area contributed by atoms with Gasteiger partial charge in [-0.25, -0.2) is 4.98 Å². The molecule has 0 saturated heterocycles. The molecule has 21 heavy (non-hydrogen) atoms. The van der Waals surface area contributed by atoms with Crippen molar-refractivity contribution in [2.24, 2.45) is 0 Å². The van der Waals surface area contributed by atoms with Crippen molar-refractivity contribution in [3.63, 3.8) is 0 Å². The smallest absolute Gasteiger partial charge is 0.226 e. The van der Waals surface area contributed by atoms with Crippen molar-refractivity contribution >= 4 is 32.6 Å². The normalized spacial score (nSPS) is 10.7. The van der Waals surface area contributed by atoms with E-state index in [0.717, 1.165) is 21.3 Å². The van der Waals surface area contributed by atoms with E-state index in [0.29, 0.717) is 18.0 Å². The van der Waals surface area contributed by atoms with Crippen molar-refractivity contribution in [2.45, 2.75) is 19.8 Å². The van der Waals surface area contributed by atoms with Gasteiger partial charge >= 0.3 is 0 Å². The lowest BCUT2D eigenvalue weighted by atomic mass is 10.1. The Morgan fingerprint density at radius 3 is 2.95 bits per heavy atom. The number of carbonyl (C=O) groups is 1. The summed E-state index contributed by atoms with van der Waals surface area (Å²) >= 11 is 1.51. The van der Waals surface area contributed by atoms with E-state index in [-0.39, 0.29) is 5.91 Å². The number of nitrogens with one attached hydrogen (secondary N) is 1. The predicted molar refractivity (Wildman–Crippen MR) is 85.5 cm³/mol. The standard InChI is InChI=1S/C16H15N3OS/c1-11-4-2-6-13-15(11)19-16(21-13)18-14(20)8-7-12-5-3-9-17-10-12/h2-6,9-10H,7-8H2,1H3,(H,18,19,20). The molecule has 106 valence electrons. The van der Waals surface area contributed by atoms with Crippen LogP contribution in [-0.2, 0) is 11.2 Å². The zero-order valence-electron chi connectivity index (χ0n) is 11.7. The largest absolute Gasteiger partial charge is 0.302 e. The third-order valence-electron chi connectivity index (χ3n) is 3.23. The average Bonchev–Trinajstić information content (AvgIpc) is 2.90. The van der Waals surface area contributed by atoms with Crippen LogP contribution in [0, 0.1) is 6.92 Å². The molecule has 0 bridgehead atoms. The molecule has 0 aliphatic rings. The number of hydrogen-bond acceptors (Lipinski definition) is 4. The van der Waals surface area contributed by atoms with Crippen LogP contribution in [-0.4, -0.2) is 15.9 Å². The summed E-state index contributed by atoms with van der Waals surface area (Å²) in [5.74, 6) is -0.0180. The van der Waals surface area contributed by atoms with Crippen molar-refractivity contribution in [2.75, 3.05) is 5.32 Å². The second kappa shape index (κ2) is 6.01. The maximum Gasteiger partial charge on any atom is 0.226 e. The maximum atomic E-state index is 12.0. The van der Waals surface area contributed by atoms with Crippen molar-refractivity contribution < 1.29 is 4.79 Å². The fourth-order valence-electron chi connectivity index (χ4n) is 2.13. The molecule has 0 radical (unpaired) electrons. The van der Waals surface area contributed by atoms with Crippen LogP contribution < -0.4 is 5.32 Å². The van der Waals surface area contributed by atoms with Crippen LogP contribution in [0.5, 0.6) is 0 Å². The van der Waals surface area contributed by atoms with Crippen LogP contribution in [0.4, 0.5) is 5.13 Å². The van der Waals surface area contributed by atoms with E-state index in [4.69, 9.17) is 0 Å². The second-order valence-electron chi connectivity index (χ2n) is 4.85. The topological polar surface area (TPSA) is 54.9 Å². The Morgan fingerprint density at radius 2 is 2.19 bits per heavy atom. The first-order valence-corrected chi connectivity index (χ1v) is 7.59. The quantitative estimate of drug-likeness (QED) is 0.801.